The second-order valence-electron chi connectivity index (χ2n) is 8.50. The van der Waals surface area contributed by atoms with E-state index in [0.717, 1.165) is 42.0 Å². The van der Waals surface area contributed by atoms with Gasteiger partial charge in [-0.3, -0.25) is 14.5 Å². The molecule has 0 saturated heterocycles. The van der Waals surface area contributed by atoms with Crippen LogP contribution in [0.1, 0.15) is 32.4 Å². The summed E-state index contributed by atoms with van der Waals surface area (Å²) in [6.07, 6.45) is 13.4. The highest BCUT2D eigenvalue weighted by Crippen LogP contribution is 2.49. The van der Waals surface area contributed by atoms with E-state index in [0.29, 0.717) is 17.4 Å². The van der Waals surface area contributed by atoms with Crippen LogP contribution in [0.25, 0.3) is 11.1 Å². The Morgan fingerprint density at radius 3 is 2.36 bits per heavy atom. The molecule has 4 aromatic heterocycles. The summed E-state index contributed by atoms with van der Waals surface area (Å²) in [6.45, 7) is 5.20. The van der Waals surface area contributed by atoms with Crippen molar-refractivity contribution in [2.75, 3.05) is 22.9 Å². The number of hydrogen-bond acceptors (Lipinski definition) is 10. The molecule has 6 rings (SSSR count). The van der Waals surface area contributed by atoms with Crippen molar-refractivity contribution in [3.8, 4) is 0 Å². The van der Waals surface area contributed by atoms with Crippen LogP contribution < -0.4 is 16.4 Å². The van der Waals surface area contributed by atoms with Gasteiger partial charge in [-0.15, -0.1) is 0 Å². The molecule has 0 saturated carbocycles. The van der Waals surface area contributed by atoms with Gasteiger partial charge in [0.05, 0.1) is 5.69 Å². The lowest BCUT2D eigenvalue weighted by Crippen LogP contribution is -2.30. The number of rotatable bonds is 3. The molecule has 0 atom stereocenters. The van der Waals surface area contributed by atoms with Gasteiger partial charge < -0.3 is 20.8 Å². The fraction of sp³-hybridized carbons (Fsp3) is 0.250. The van der Waals surface area contributed by atoms with Crippen molar-refractivity contribution in [3.63, 3.8) is 0 Å². The number of nitrogens with two attached hydrogens (primary N) is 2. The number of anilines is 4. The molecule has 36 heavy (non-hydrogen) atoms. The van der Waals surface area contributed by atoms with Crippen LogP contribution in [0, 0.1) is 5.41 Å². The van der Waals surface area contributed by atoms with Crippen molar-refractivity contribution < 1.29 is 4.42 Å². The maximum atomic E-state index is 7.65. The van der Waals surface area contributed by atoms with Crippen LogP contribution in [0.15, 0.2) is 66.4 Å². The van der Waals surface area contributed by atoms with E-state index in [9.17, 15) is 0 Å². The van der Waals surface area contributed by atoms with E-state index in [4.69, 9.17) is 21.3 Å². The Labute approximate surface area is 207 Å². The van der Waals surface area contributed by atoms with Crippen molar-refractivity contribution in [1.82, 2.24) is 34.1 Å². The number of benzene rings is 1. The standard InChI is InChI=1S/C17H20N6O.C7H7N5/c1-3-17(4-2)8-23(13-14(17)20-9-21-15(13)18)10-5-6-12-11(7-10)22-16(19)24-12;8-7(11-3-1-9-5-11)12-4-2-10-6-12/h5-7,9H,3-4,8H2,1-2H3,(H2,19,22)(H2,18,20,21);1-6,8H. The Hall–Kier alpha value is -4.74. The number of hydrogen-bond donors (Lipinski definition) is 3. The molecule has 0 bridgehead atoms. The minimum Gasteiger partial charge on any atom is -0.424 e. The SMILES string of the molecule is CCC1(CC)CN(c2ccc3oc(N)nc3c2)c2c(N)ncnc21.N=C(n1ccnc1)n1ccnc1. The molecule has 1 aliphatic rings. The van der Waals surface area contributed by atoms with E-state index in [1.165, 1.54) is 0 Å². The zero-order valence-corrected chi connectivity index (χ0v) is 20.0. The molecule has 5 heterocycles. The van der Waals surface area contributed by atoms with Gasteiger partial charge >= 0.3 is 0 Å². The second-order valence-corrected chi connectivity index (χ2v) is 8.50. The predicted molar refractivity (Wildman–Crippen MR) is 137 cm³/mol. The van der Waals surface area contributed by atoms with Gasteiger partial charge in [-0.1, -0.05) is 13.8 Å². The number of nitrogens with zero attached hydrogens (tertiary/aromatic N) is 8. The third-order valence-corrected chi connectivity index (χ3v) is 6.63. The average molecular weight is 486 g/mol. The first kappa shape index (κ1) is 23.0. The summed E-state index contributed by atoms with van der Waals surface area (Å²) in [5, 5.41) is 7.65. The van der Waals surface area contributed by atoms with Crippen LogP contribution in [0.3, 0.4) is 0 Å². The molecule has 12 nitrogen and oxygen atoms in total. The van der Waals surface area contributed by atoms with Crippen LogP contribution >= 0.6 is 0 Å². The first-order valence-electron chi connectivity index (χ1n) is 11.6. The number of nitrogens with one attached hydrogen (secondary N) is 1. The maximum absolute atomic E-state index is 7.65. The molecular formula is C24H27N11O. The summed E-state index contributed by atoms with van der Waals surface area (Å²) in [5.74, 6) is 0.813. The van der Waals surface area contributed by atoms with Gasteiger partial charge in [0, 0.05) is 42.4 Å². The van der Waals surface area contributed by atoms with Gasteiger partial charge in [0.2, 0.25) is 5.96 Å². The summed E-state index contributed by atoms with van der Waals surface area (Å²) in [6, 6.07) is 6.01. The lowest BCUT2D eigenvalue weighted by Gasteiger charge is -2.27. The normalized spacial score (nSPS) is 13.9. The molecule has 1 aliphatic heterocycles. The zero-order valence-electron chi connectivity index (χ0n) is 20.0. The topological polar surface area (TPSA) is 167 Å². The lowest BCUT2D eigenvalue weighted by atomic mass is 9.81. The summed E-state index contributed by atoms with van der Waals surface area (Å²) in [5.41, 5.74) is 16.1. The van der Waals surface area contributed by atoms with Crippen molar-refractivity contribution in [2.24, 2.45) is 0 Å². The van der Waals surface area contributed by atoms with Crippen molar-refractivity contribution in [1.29, 1.82) is 5.41 Å². The smallest absolute Gasteiger partial charge is 0.292 e. The molecule has 0 amide bonds. The van der Waals surface area contributed by atoms with Gasteiger partial charge in [-0.25, -0.2) is 19.9 Å². The molecule has 1 aromatic carbocycles. The monoisotopic (exact) mass is 485 g/mol. The molecule has 184 valence electrons. The van der Waals surface area contributed by atoms with Gasteiger partial charge in [0.15, 0.2) is 11.4 Å². The Morgan fingerprint density at radius 1 is 1.06 bits per heavy atom. The first-order chi connectivity index (χ1) is 17.5. The van der Waals surface area contributed by atoms with E-state index >= 15 is 0 Å². The van der Waals surface area contributed by atoms with E-state index < -0.39 is 0 Å². The third kappa shape index (κ3) is 3.91. The molecule has 0 unspecified atom stereocenters. The van der Waals surface area contributed by atoms with Crippen LogP contribution in [-0.4, -0.2) is 46.6 Å². The molecule has 5 aromatic rings. The largest absolute Gasteiger partial charge is 0.424 e. The molecule has 0 aliphatic carbocycles. The van der Waals surface area contributed by atoms with E-state index in [-0.39, 0.29) is 11.4 Å². The highest BCUT2D eigenvalue weighted by molar-refractivity contribution is 5.85. The third-order valence-electron chi connectivity index (χ3n) is 6.63. The fourth-order valence-electron chi connectivity index (χ4n) is 4.54. The van der Waals surface area contributed by atoms with Crippen LogP contribution in [0.5, 0.6) is 0 Å². The van der Waals surface area contributed by atoms with E-state index in [2.05, 4.69) is 43.7 Å². The molecular weight excluding hydrogens is 458 g/mol. The molecule has 0 radical (unpaired) electrons. The molecule has 0 fully saturated rings. The van der Waals surface area contributed by atoms with Crippen LogP contribution in [0.4, 0.5) is 23.2 Å². The predicted octanol–water partition coefficient (Wildman–Crippen LogP) is 3.40. The molecule has 12 heteroatoms. The summed E-state index contributed by atoms with van der Waals surface area (Å²) >= 11 is 0. The average Bonchev–Trinajstić information content (AvgIpc) is 3.69. The molecule has 5 N–H and O–H groups in total. The highest BCUT2D eigenvalue weighted by Gasteiger charge is 2.43. The minimum atomic E-state index is -0.0236. The zero-order chi connectivity index (χ0) is 25.3. The van der Waals surface area contributed by atoms with Crippen LogP contribution in [-0.2, 0) is 5.41 Å². The van der Waals surface area contributed by atoms with Gasteiger partial charge in [-0.2, -0.15) is 4.98 Å². The number of oxazole rings is 1. The number of imidazole rings is 2. The van der Waals surface area contributed by atoms with Crippen LogP contribution in [0.2, 0.25) is 0 Å². The number of fused-ring (bicyclic) bond motifs is 2. The van der Waals surface area contributed by atoms with Gasteiger partial charge in [0.25, 0.3) is 6.01 Å². The van der Waals surface area contributed by atoms with Gasteiger partial charge in [-0.05, 0) is 31.0 Å². The summed E-state index contributed by atoms with van der Waals surface area (Å²) in [4.78, 5) is 22.9. The first-order valence-corrected chi connectivity index (χ1v) is 11.6. The minimum absolute atomic E-state index is 0.0236. The van der Waals surface area contributed by atoms with Crippen molar-refractivity contribution in [2.45, 2.75) is 32.1 Å². The Bertz CT molecular complexity index is 1450. The van der Waals surface area contributed by atoms with Gasteiger partial charge in [0.1, 0.15) is 30.2 Å². The lowest BCUT2D eigenvalue weighted by molar-refractivity contribution is 0.417. The van der Waals surface area contributed by atoms with Crippen molar-refractivity contribution in [3.05, 3.63) is 67.7 Å². The maximum Gasteiger partial charge on any atom is 0.292 e. The Balaban J connectivity index is 0.000000186. The fourth-order valence-corrected chi connectivity index (χ4v) is 4.54. The van der Waals surface area contributed by atoms with E-state index in [1.807, 2.05) is 18.2 Å². The number of aromatic nitrogens is 7. The van der Waals surface area contributed by atoms with E-state index in [1.54, 1.807) is 52.9 Å². The van der Waals surface area contributed by atoms with Crippen molar-refractivity contribution >= 4 is 40.3 Å². The Morgan fingerprint density at radius 2 is 1.75 bits per heavy atom. The quantitative estimate of drug-likeness (QED) is 0.256. The highest BCUT2D eigenvalue weighted by atomic mass is 16.4. The summed E-state index contributed by atoms with van der Waals surface area (Å²) < 4.78 is 8.56. The molecule has 0 spiro atoms. The Kier molecular flexibility index (Phi) is 5.84. The second kappa shape index (κ2) is 9.13. The number of nitrogen functional groups attached to an aromatic ring is 2. The summed E-state index contributed by atoms with van der Waals surface area (Å²) in [7, 11) is 0.